The van der Waals surface area contributed by atoms with Crippen LogP contribution in [0.25, 0.3) is 0 Å². The Hall–Kier alpha value is -0.540. The van der Waals surface area contributed by atoms with E-state index in [4.69, 9.17) is 0 Å². The first kappa shape index (κ1) is 11.5. The summed E-state index contributed by atoms with van der Waals surface area (Å²) in [7, 11) is 0. The van der Waals surface area contributed by atoms with Gasteiger partial charge in [0.1, 0.15) is 5.82 Å². The van der Waals surface area contributed by atoms with Crippen LogP contribution < -0.4 is 0 Å². The van der Waals surface area contributed by atoms with Gasteiger partial charge in [0.2, 0.25) is 0 Å². The fourth-order valence-corrected chi connectivity index (χ4v) is 2.23. The molecule has 1 N–H and O–H groups in total. The Labute approximate surface area is 88.3 Å². The molecule has 0 aromatic heterocycles. The molecular weight excluding hydrogens is 199 g/mol. The van der Waals surface area contributed by atoms with E-state index in [1.165, 1.54) is 17.8 Å². The maximum absolute atomic E-state index is 13.4. The number of hydrogen-bond acceptors (Lipinski definition) is 2. The van der Waals surface area contributed by atoms with Gasteiger partial charge in [0.15, 0.2) is 0 Å². The Bertz CT molecular complexity index is 299. The van der Waals surface area contributed by atoms with Crippen LogP contribution in [0.4, 0.5) is 4.39 Å². The number of thioether (sulfide) groups is 1. The lowest BCUT2D eigenvalue weighted by atomic mass is 10.1. The fourth-order valence-electron chi connectivity index (χ4n) is 1.21. The number of halogens is 1. The van der Waals surface area contributed by atoms with Crippen molar-refractivity contribution in [2.24, 2.45) is 0 Å². The highest BCUT2D eigenvalue weighted by molar-refractivity contribution is 7.99. The van der Waals surface area contributed by atoms with E-state index in [0.717, 1.165) is 12.2 Å². The van der Waals surface area contributed by atoms with Gasteiger partial charge in [-0.05, 0) is 30.7 Å². The van der Waals surface area contributed by atoms with Crippen LogP contribution >= 0.6 is 11.8 Å². The molecule has 0 saturated carbocycles. The molecule has 0 saturated heterocycles. The highest BCUT2D eigenvalue weighted by Crippen LogP contribution is 2.30. The molecule has 1 rings (SSSR count). The summed E-state index contributed by atoms with van der Waals surface area (Å²) in [6.45, 7) is 3.71. The van der Waals surface area contributed by atoms with E-state index < -0.39 is 6.10 Å². The zero-order valence-electron chi connectivity index (χ0n) is 8.46. The topological polar surface area (TPSA) is 20.2 Å². The van der Waals surface area contributed by atoms with E-state index in [2.05, 4.69) is 6.92 Å². The molecule has 0 bridgehead atoms. The Kier molecular flexibility index (Phi) is 4.42. The number of hydrogen-bond donors (Lipinski definition) is 1. The van der Waals surface area contributed by atoms with Crippen molar-refractivity contribution >= 4 is 11.8 Å². The average Bonchev–Trinajstić information content (AvgIpc) is 2.15. The molecule has 14 heavy (non-hydrogen) atoms. The lowest BCUT2D eigenvalue weighted by molar-refractivity contribution is 0.195. The molecule has 0 unspecified atom stereocenters. The van der Waals surface area contributed by atoms with Crippen LogP contribution in [-0.4, -0.2) is 10.9 Å². The Balaban J connectivity index is 2.96. The predicted molar refractivity (Wildman–Crippen MR) is 58.0 cm³/mol. The highest BCUT2D eigenvalue weighted by Gasteiger charge is 2.11. The summed E-state index contributed by atoms with van der Waals surface area (Å²) in [5.41, 5.74) is 0.684. The Morgan fingerprint density at radius 2 is 2.21 bits per heavy atom. The van der Waals surface area contributed by atoms with Gasteiger partial charge < -0.3 is 5.11 Å². The first-order chi connectivity index (χ1) is 6.66. The van der Waals surface area contributed by atoms with Crippen LogP contribution in [0.1, 0.15) is 31.9 Å². The number of aliphatic hydroxyl groups is 1. The molecule has 0 spiro atoms. The van der Waals surface area contributed by atoms with Gasteiger partial charge in [0.25, 0.3) is 0 Å². The van der Waals surface area contributed by atoms with Crippen LogP contribution in [0.2, 0.25) is 0 Å². The van der Waals surface area contributed by atoms with Gasteiger partial charge in [0, 0.05) is 4.90 Å². The number of benzene rings is 1. The van der Waals surface area contributed by atoms with Crippen molar-refractivity contribution in [3.8, 4) is 0 Å². The third-order valence-electron chi connectivity index (χ3n) is 1.90. The highest BCUT2D eigenvalue weighted by atomic mass is 32.2. The quantitative estimate of drug-likeness (QED) is 0.775. The lowest BCUT2D eigenvalue weighted by Gasteiger charge is -2.11. The second-order valence-corrected chi connectivity index (χ2v) is 4.29. The summed E-state index contributed by atoms with van der Waals surface area (Å²) in [4.78, 5) is 0.587. The SMILES string of the molecule is CCCSc1c(F)cccc1[C@H](C)O. The molecule has 0 aliphatic carbocycles. The minimum Gasteiger partial charge on any atom is -0.389 e. The molecule has 0 amide bonds. The van der Waals surface area contributed by atoms with Gasteiger partial charge in [-0.3, -0.25) is 0 Å². The van der Waals surface area contributed by atoms with E-state index in [0.29, 0.717) is 10.5 Å². The summed E-state index contributed by atoms with van der Waals surface area (Å²) in [5.74, 6) is 0.641. The average molecular weight is 214 g/mol. The van der Waals surface area contributed by atoms with Crippen molar-refractivity contribution in [2.45, 2.75) is 31.3 Å². The van der Waals surface area contributed by atoms with Gasteiger partial charge in [-0.2, -0.15) is 0 Å². The Morgan fingerprint density at radius 3 is 2.79 bits per heavy atom. The van der Waals surface area contributed by atoms with Crippen LogP contribution in [0, 0.1) is 5.82 Å². The van der Waals surface area contributed by atoms with Crippen molar-refractivity contribution in [3.63, 3.8) is 0 Å². The zero-order valence-corrected chi connectivity index (χ0v) is 9.27. The summed E-state index contributed by atoms with van der Waals surface area (Å²) in [6.07, 6.45) is 0.392. The van der Waals surface area contributed by atoms with Crippen molar-refractivity contribution in [1.82, 2.24) is 0 Å². The first-order valence-corrected chi connectivity index (χ1v) is 5.74. The van der Waals surface area contributed by atoms with E-state index in [1.54, 1.807) is 19.1 Å². The third-order valence-corrected chi connectivity index (χ3v) is 3.23. The first-order valence-electron chi connectivity index (χ1n) is 4.76. The minimum atomic E-state index is -0.606. The second-order valence-electron chi connectivity index (χ2n) is 3.18. The summed E-state index contributed by atoms with van der Waals surface area (Å²) >= 11 is 1.47. The number of rotatable bonds is 4. The van der Waals surface area contributed by atoms with Crippen LogP contribution in [0.3, 0.4) is 0 Å². The van der Waals surface area contributed by atoms with Crippen molar-refractivity contribution in [3.05, 3.63) is 29.6 Å². The molecule has 1 nitrogen and oxygen atoms in total. The molecule has 0 aliphatic heterocycles. The molecule has 3 heteroatoms. The van der Waals surface area contributed by atoms with E-state index in [9.17, 15) is 9.50 Å². The van der Waals surface area contributed by atoms with Gasteiger partial charge in [-0.25, -0.2) is 4.39 Å². The molecular formula is C11H15FOS. The summed E-state index contributed by atoms with van der Waals surface area (Å²) in [6, 6.07) is 4.84. The van der Waals surface area contributed by atoms with E-state index in [1.807, 2.05) is 0 Å². The van der Waals surface area contributed by atoms with Crippen LogP contribution in [-0.2, 0) is 0 Å². The molecule has 78 valence electrons. The normalized spacial score (nSPS) is 12.9. The van der Waals surface area contributed by atoms with Gasteiger partial charge in [-0.1, -0.05) is 19.1 Å². The summed E-state index contributed by atoms with van der Waals surface area (Å²) in [5, 5.41) is 9.45. The monoisotopic (exact) mass is 214 g/mol. The standard InChI is InChI=1S/C11H15FOS/c1-3-7-14-11-9(8(2)13)5-4-6-10(11)12/h4-6,8,13H,3,7H2,1-2H3/t8-/m0/s1. The smallest absolute Gasteiger partial charge is 0.137 e. The zero-order chi connectivity index (χ0) is 10.6. The Morgan fingerprint density at radius 1 is 1.50 bits per heavy atom. The van der Waals surface area contributed by atoms with Crippen molar-refractivity contribution < 1.29 is 9.50 Å². The molecule has 0 heterocycles. The second kappa shape index (κ2) is 5.37. The largest absolute Gasteiger partial charge is 0.389 e. The van der Waals surface area contributed by atoms with Gasteiger partial charge in [0.05, 0.1) is 6.10 Å². The minimum absolute atomic E-state index is 0.234. The lowest BCUT2D eigenvalue weighted by Crippen LogP contribution is -1.97. The molecule has 0 radical (unpaired) electrons. The number of aliphatic hydroxyl groups excluding tert-OH is 1. The van der Waals surface area contributed by atoms with Crippen LogP contribution in [0.5, 0.6) is 0 Å². The van der Waals surface area contributed by atoms with Crippen molar-refractivity contribution in [2.75, 3.05) is 5.75 Å². The molecule has 0 fully saturated rings. The third kappa shape index (κ3) is 2.72. The van der Waals surface area contributed by atoms with Gasteiger partial charge in [-0.15, -0.1) is 11.8 Å². The fraction of sp³-hybridized carbons (Fsp3) is 0.455. The molecule has 1 atom stereocenters. The predicted octanol–water partition coefficient (Wildman–Crippen LogP) is 3.38. The van der Waals surface area contributed by atoms with Crippen molar-refractivity contribution in [1.29, 1.82) is 0 Å². The van der Waals surface area contributed by atoms with E-state index in [-0.39, 0.29) is 5.82 Å². The molecule has 0 aliphatic rings. The van der Waals surface area contributed by atoms with Crippen LogP contribution in [0.15, 0.2) is 23.1 Å². The molecule has 1 aromatic carbocycles. The van der Waals surface area contributed by atoms with Gasteiger partial charge >= 0.3 is 0 Å². The molecule has 1 aromatic rings. The maximum Gasteiger partial charge on any atom is 0.137 e. The summed E-state index contributed by atoms with van der Waals surface area (Å²) < 4.78 is 13.4. The maximum atomic E-state index is 13.4. The van der Waals surface area contributed by atoms with E-state index >= 15 is 0 Å².